The summed E-state index contributed by atoms with van der Waals surface area (Å²) in [5.74, 6) is 0.455. The minimum Gasteiger partial charge on any atom is -0.444 e. The van der Waals surface area contributed by atoms with E-state index in [1.807, 2.05) is 20.8 Å². The Morgan fingerprint density at radius 2 is 1.83 bits per heavy atom. The van der Waals surface area contributed by atoms with Crippen molar-refractivity contribution in [1.29, 1.82) is 0 Å². The Labute approximate surface area is 142 Å². The van der Waals surface area contributed by atoms with Crippen LogP contribution in [0.4, 0.5) is 10.6 Å². The molecule has 0 unspecified atom stereocenters. The van der Waals surface area contributed by atoms with Gasteiger partial charge in [0.2, 0.25) is 0 Å². The molecule has 24 heavy (non-hydrogen) atoms. The van der Waals surface area contributed by atoms with E-state index in [1.165, 1.54) is 17.4 Å². The molecule has 1 saturated carbocycles. The van der Waals surface area contributed by atoms with Gasteiger partial charge in [0.1, 0.15) is 5.60 Å². The van der Waals surface area contributed by atoms with Crippen molar-refractivity contribution in [3.8, 4) is 0 Å². The molecule has 0 aromatic carbocycles. The van der Waals surface area contributed by atoms with Crippen LogP contribution in [-0.2, 0) is 4.74 Å². The standard InChI is InChI=1S/C16H25N5O3/c1-16(2,3)24-15(22)20(4)12-5-7-13(8-6-12)21(19-23)14-11-17-9-10-18-14/h9-13H,5-8H2,1-4H3. The molecule has 0 N–H and O–H groups in total. The SMILES string of the molecule is CN(C(=O)OC(C)(C)C)C1CCC(N(N=O)c2cnccn2)CC1. The highest BCUT2D eigenvalue weighted by atomic mass is 16.6. The van der Waals surface area contributed by atoms with Crippen molar-refractivity contribution in [2.75, 3.05) is 12.1 Å². The molecule has 1 aliphatic rings. The minimum atomic E-state index is -0.507. The van der Waals surface area contributed by atoms with Crippen LogP contribution in [-0.4, -0.2) is 45.7 Å². The van der Waals surface area contributed by atoms with Crippen LogP contribution in [0.15, 0.2) is 23.9 Å². The number of nitroso groups, excluding NO2 is 1. The Morgan fingerprint density at radius 3 is 2.33 bits per heavy atom. The third kappa shape index (κ3) is 4.62. The first-order valence-corrected chi connectivity index (χ1v) is 8.16. The largest absolute Gasteiger partial charge is 0.444 e. The molecule has 8 nitrogen and oxygen atoms in total. The molecule has 0 bridgehead atoms. The summed E-state index contributed by atoms with van der Waals surface area (Å²) in [6, 6.07) is 0.0777. The molecule has 0 atom stereocenters. The lowest BCUT2D eigenvalue weighted by molar-refractivity contribution is 0.0183. The van der Waals surface area contributed by atoms with Gasteiger partial charge in [0.25, 0.3) is 0 Å². The Kier molecular flexibility index (Phi) is 5.69. The molecule has 132 valence electrons. The molecule has 1 amide bonds. The van der Waals surface area contributed by atoms with E-state index >= 15 is 0 Å². The second-order valence-corrected chi connectivity index (χ2v) is 7.04. The van der Waals surface area contributed by atoms with E-state index in [2.05, 4.69) is 15.3 Å². The lowest BCUT2D eigenvalue weighted by Gasteiger charge is -2.37. The molecule has 1 heterocycles. The number of amides is 1. The first kappa shape index (κ1) is 18.1. The van der Waals surface area contributed by atoms with Crippen molar-refractivity contribution in [2.45, 2.75) is 64.1 Å². The summed E-state index contributed by atoms with van der Waals surface area (Å²) < 4.78 is 5.41. The van der Waals surface area contributed by atoms with Crippen LogP contribution in [0, 0.1) is 4.91 Å². The van der Waals surface area contributed by atoms with Crippen LogP contribution in [0.25, 0.3) is 0 Å². The average Bonchev–Trinajstić information content (AvgIpc) is 2.55. The molecule has 0 aliphatic heterocycles. The Hall–Kier alpha value is -2.25. The summed E-state index contributed by atoms with van der Waals surface area (Å²) in [7, 11) is 1.76. The second-order valence-electron chi connectivity index (χ2n) is 7.04. The molecule has 1 aromatic rings. The average molecular weight is 335 g/mol. The third-order valence-electron chi connectivity index (χ3n) is 4.11. The van der Waals surface area contributed by atoms with Gasteiger partial charge in [-0.15, -0.1) is 4.91 Å². The maximum atomic E-state index is 12.2. The maximum absolute atomic E-state index is 12.2. The van der Waals surface area contributed by atoms with E-state index in [0.29, 0.717) is 5.82 Å². The summed E-state index contributed by atoms with van der Waals surface area (Å²) in [5, 5.41) is 4.50. The van der Waals surface area contributed by atoms with Gasteiger partial charge >= 0.3 is 6.09 Å². The Balaban J connectivity index is 1.93. The van der Waals surface area contributed by atoms with Gasteiger partial charge in [0.15, 0.2) is 5.82 Å². The zero-order chi connectivity index (χ0) is 17.7. The van der Waals surface area contributed by atoms with Crippen LogP contribution < -0.4 is 5.01 Å². The number of hydrogen-bond acceptors (Lipinski definition) is 6. The molecule has 1 fully saturated rings. The summed E-state index contributed by atoms with van der Waals surface area (Å²) in [6.45, 7) is 5.55. The zero-order valence-electron chi connectivity index (χ0n) is 14.7. The normalized spacial score (nSPS) is 21.0. The number of aromatic nitrogens is 2. The van der Waals surface area contributed by atoms with Gasteiger partial charge < -0.3 is 9.64 Å². The van der Waals surface area contributed by atoms with Gasteiger partial charge in [-0.05, 0) is 46.5 Å². The third-order valence-corrected chi connectivity index (χ3v) is 4.11. The smallest absolute Gasteiger partial charge is 0.410 e. The van der Waals surface area contributed by atoms with Crippen LogP contribution in [0.1, 0.15) is 46.5 Å². The lowest BCUT2D eigenvalue weighted by Crippen LogP contribution is -2.45. The number of anilines is 1. The molecular weight excluding hydrogens is 310 g/mol. The van der Waals surface area contributed by atoms with E-state index in [9.17, 15) is 9.70 Å². The number of rotatable bonds is 4. The Bertz CT molecular complexity index is 553. The highest BCUT2D eigenvalue weighted by Crippen LogP contribution is 2.29. The molecule has 0 saturated heterocycles. The first-order valence-electron chi connectivity index (χ1n) is 8.16. The number of carbonyl (C=O) groups excluding carboxylic acids is 1. The number of hydrogen-bond donors (Lipinski definition) is 0. The summed E-state index contributed by atoms with van der Waals surface area (Å²) in [6.07, 6.45) is 7.37. The van der Waals surface area contributed by atoms with Gasteiger partial charge in [0, 0.05) is 25.5 Å². The predicted molar refractivity (Wildman–Crippen MR) is 90.3 cm³/mol. The van der Waals surface area contributed by atoms with Crippen LogP contribution in [0.3, 0.4) is 0 Å². The minimum absolute atomic E-state index is 0.0255. The van der Waals surface area contributed by atoms with E-state index in [1.54, 1.807) is 18.1 Å². The van der Waals surface area contributed by atoms with Crippen molar-refractivity contribution in [3.63, 3.8) is 0 Å². The fourth-order valence-corrected chi connectivity index (χ4v) is 2.88. The quantitative estimate of drug-likeness (QED) is 0.620. The van der Waals surface area contributed by atoms with E-state index in [4.69, 9.17) is 4.74 Å². The predicted octanol–water partition coefficient (Wildman–Crippen LogP) is 3.14. The molecule has 1 aliphatic carbocycles. The van der Waals surface area contributed by atoms with Crippen molar-refractivity contribution < 1.29 is 9.53 Å². The van der Waals surface area contributed by atoms with Crippen LogP contribution in [0.2, 0.25) is 0 Å². The van der Waals surface area contributed by atoms with Crippen molar-refractivity contribution >= 4 is 11.9 Å². The van der Waals surface area contributed by atoms with E-state index in [-0.39, 0.29) is 18.2 Å². The monoisotopic (exact) mass is 335 g/mol. The van der Waals surface area contributed by atoms with E-state index < -0.39 is 5.60 Å². The van der Waals surface area contributed by atoms with Crippen LogP contribution in [0.5, 0.6) is 0 Å². The summed E-state index contributed by atoms with van der Waals surface area (Å²) in [5.41, 5.74) is -0.507. The second kappa shape index (κ2) is 7.55. The topological polar surface area (TPSA) is 88.0 Å². The number of nitrogens with zero attached hydrogens (tertiary/aromatic N) is 5. The summed E-state index contributed by atoms with van der Waals surface area (Å²) in [4.78, 5) is 33.1. The van der Waals surface area contributed by atoms with Crippen molar-refractivity contribution in [1.82, 2.24) is 14.9 Å². The molecular formula is C16H25N5O3. The first-order chi connectivity index (χ1) is 11.3. The van der Waals surface area contributed by atoms with Crippen LogP contribution >= 0.6 is 0 Å². The highest BCUT2D eigenvalue weighted by molar-refractivity contribution is 5.68. The maximum Gasteiger partial charge on any atom is 0.410 e. The zero-order valence-corrected chi connectivity index (χ0v) is 14.7. The van der Waals surface area contributed by atoms with Crippen molar-refractivity contribution in [3.05, 3.63) is 23.5 Å². The molecule has 8 heteroatoms. The number of ether oxygens (including phenoxy) is 1. The van der Waals surface area contributed by atoms with Gasteiger partial charge in [-0.2, -0.15) is 0 Å². The molecule has 0 radical (unpaired) electrons. The van der Waals surface area contributed by atoms with Gasteiger partial charge in [0.05, 0.1) is 17.5 Å². The number of carbonyl (C=O) groups is 1. The van der Waals surface area contributed by atoms with E-state index in [0.717, 1.165) is 25.7 Å². The van der Waals surface area contributed by atoms with Gasteiger partial charge in [-0.25, -0.2) is 14.8 Å². The summed E-state index contributed by atoms with van der Waals surface area (Å²) >= 11 is 0. The highest BCUT2D eigenvalue weighted by Gasteiger charge is 2.32. The van der Waals surface area contributed by atoms with Gasteiger partial charge in [-0.3, -0.25) is 4.98 Å². The molecule has 0 spiro atoms. The molecule has 2 rings (SSSR count). The molecule has 1 aromatic heterocycles. The Morgan fingerprint density at radius 1 is 1.21 bits per heavy atom. The van der Waals surface area contributed by atoms with Gasteiger partial charge in [-0.1, -0.05) is 0 Å². The fraction of sp³-hybridized carbons (Fsp3) is 0.688. The lowest BCUT2D eigenvalue weighted by atomic mass is 9.90. The van der Waals surface area contributed by atoms with Crippen molar-refractivity contribution in [2.24, 2.45) is 5.29 Å². The fourth-order valence-electron chi connectivity index (χ4n) is 2.88.